The van der Waals surface area contributed by atoms with Crippen molar-refractivity contribution in [1.82, 2.24) is 0 Å². The quantitative estimate of drug-likeness (QED) is 0.258. The zero-order valence-corrected chi connectivity index (χ0v) is 26.8. The predicted molar refractivity (Wildman–Crippen MR) is 163 cm³/mol. The standard InChI is InChI=1S/C14H26.C11H24.C5H10.2C2H6/c1-6-9-14(4,5)12(3)7-8-13-10-11(13)2;1-5-7-8-11(6-2)9-10(3)4;1-2-4-5-3-1;2*1-2/h8,11-12H,6-7,9-10H2,1-5H3;10-11H,5-9H2,1-4H3;1-5H2;2*1-2H3/b13-8-;;;;. The van der Waals surface area contributed by atoms with E-state index in [1.807, 2.05) is 27.7 Å². The van der Waals surface area contributed by atoms with E-state index in [9.17, 15) is 0 Å². The van der Waals surface area contributed by atoms with Gasteiger partial charge in [-0.15, -0.1) is 0 Å². The molecule has 2 aliphatic rings. The molecule has 208 valence electrons. The molecule has 0 aromatic carbocycles. The van der Waals surface area contributed by atoms with Gasteiger partial charge in [-0.1, -0.05) is 166 Å². The summed E-state index contributed by atoms with van der Waals surface area (Å²) in [4.78, 5) is 0. The molecule has 0 nitrogen and oxygen atoms in total. The van der Waals surface area contributed by atoms with Gasteiger partial charge in [0.15, 0.2) is 0 Å². The summed E-state index contributed by atoms with van der Waals surface area (Å²) >= 11 is 0. The highest BCUT2D eigenvalue weighted by Crippen LogP contribution is 2.40. The minimum absolute atomic E-state index is 0.518. The van der Waals surface area contributed by atoms with Gasteiger partial charge in [-0.25, -0.2) is 0 Å². The molecule has 0 aromatic rings. The van der Waals surface area contributed by atoms with Gasteiger partial charge in [0.1, 0.15) is 0 Å². The Morgan fingerprint density at radius 1 is 0.853 bits per heavy atom. The lowest BCUT2D eigenvalue weighted by Gasteiger charge is -2.31. The first-order valence-electron chi connectivity index (χ1n) is 15.9. The van der Waals surface area contributed by atoms with Gasteiger partial charge < -0.3 is 0 Å². The Morgan fingerprint density at radius 3 is 1.65 bits per heavy atom. The summed E-state index contributed by atoms with van der Waals surface area (Å²) in [5.41, 5.74) is 2.22. The highest BCUT2D eigenvalue weighted by molar-refractivity contribution is 5.21. The first-order chi connectivity index (χ1) is 16.2. The molecular formula is C34H72. The molecule has 3 unspecified atom stereocenters. The van der Waals surface area contributed by atoms with Gasteiger partial charge >= 0.3 is 0 Å². The zero-order valence-electron chi connectivity index (χ0n) is 26.8. The van der Waals surface area contributed by atoms with Gasteiger partial charge in [0, 0.05) is 0 Å². The van der Waals surface area contributed by atoms with Crippen molar-refractivity contribution in [2.75, 3.05) is 0 Å². The van der Waals surface area contributed by atoms with Crippen LogP contribution in [0.15, 0.2) is 11.6 Å². The molecule has 0 N–H and O–H groups in total. The Hall–Kier alpha value is -0.260. The highest BCUT2D eigenvalue weighted by atomic mass is 14.3. The van der Waals surface area contributed by atoms with Gasteiger partial charge in [-0.05, 0) is 54.8 Å². The Bertz CT molecular complexity index is 402. The third-order valence-corrected chi connectivity index (χ3v) is 7.57. The SMILES string of the molecule is C1CCCC1.CC.CC.CCCC(C)(C)C(C)C/C=C1/CC1C.CCCCC(CC)CC(C)C. The minimum atomic E-state index is 0.518. The molecule has 2 fully saturated rings. The van der Waals surface area contributed by atoms with Crippen LogP contribution in [0.5, 0.6) is 0 Å². The maximum Gasteiger partial charge on any atom is -0.0194 e. The van der Waals surface area contributed by atoms with Crippen LogP contribution in [0.2, 0.25) is 0 Å². The lowest BCUT2D eigenvalue weighted by atomic mass is 9.75. The Labute approximate surface area is 220 Å². The smallest absolute Gasteiger partial charge is 0.0194 e. The predicted octanol–water partition coefficient (Wildman–Crippen LogP) is 13.1. The molecule has 0 saturated heterocycles. The van der Waals surface area contributed by atoms with Crippen LogP contribution in [-0.2, 0) is 0 Å². The summed E-state index contributed by atoms with van der Waals surface area (Å²) in [5, 5.41) is 0. The van der Waals surface area contributed by atoms with Crippen LogP contribution in [0, 0.1) is 29.1 Å². The average Bonchev–Trinajstić information content (AvgIpc) is 3.24. The van der Waals surface area contributed by atoms with Crippen molar-refractivity contribution in [1.29, 1.82) is 0 Å². The fourth-order valence-corrected chi connectivity index (χ4v) is 4.65. The van der Waals surface area contributed by atoms with Crippen LogP contribution in [0.1, 0.15) is 180 Å². The van der Waals surface area contributed by atoms with Gasteiger partial charge in [-0.3, -0.25) is 0 Å². The molecule has 2 saturated carbocycles. The molecule has 2 aliphatic carbocycles. The first-order valence-corrected chi connectivity index (χ1v) is 15.9. The minimum Gasteiger partial charge on any atom is -0.0847 e. The molecule has 0 spiro atoms. The summed E-state index contributed by atoms with van der Waals surface area (Å²) in [6.07, 6.45) is 22.3. The summed E-state index contributed by atoms with van der Waals surface area (Å²) in [7, 11) is 0. The largest absolute Gasteiger partial charge is 0.0847 e. The van der Waals surface area contributed by atoms with E-state index in [4.69, 9.17) is 0 Å². The molecule has 0 heteroatoms. The summed E-state index contributed by atoms with van der Waals surface area (Å²) in [6.45, 7) is 29.1. The van der Waals surface area contributed by atoms with Gasteiger partial charge in [0.2, 0.25) is 0 Å². The van der Waals surface area contributed by atoms with E-state index in [1.165, 1.54) is 89.9 Å². The fourth-order valence-electron chi connectivity index (χ4n) is 4.65. The van der Waals surface area contributed by atoms with Crippen molar-refractivity contribution in [2.24, 2.45) is 29.1 Å². The number of rotatable bonds is 11. The molecule has 3 atom stereocenters. The zero-order chi connectivity index (χ0) is 27.0. The van der Waals surface area contributed by atoms with Crippen LogP contribution < -0.4 is 0 Å². The van der Waals surface area contributed by atoms with Crippen LogP contribution in [0.3, 0.4) is 0 Å². The topological polar surface area (TPSA) is 0 Å². The van der Waals surface area contributed by atoms with Gasteiger partial charge in [0.25, 0.3) is 0 Å². The first kappa shape index (κ1) is 38.3. The molecule has 0 aliphatic heterocycles. The van der Waals surface area contributed by atoms with Crippen LogP contribution in [0.4, 0.5) is 0 Å². The molecule has 0 radical (unpaired) electrons. The fraction of sp³-hybridized carbons (Fsp3) is 0.941. The van der Waals surface area contributed by atoms with E-state index < -0.39 is 0 Å². The van der Waals surface area contributed by atoms with Crippen molar-refractivity contribution in [3.8, 4) is 0 Å². The average molecular weight is 481 g/mol. The van der Waals surface area contributed by atoms with Crippen molar-refractivity contribution < 1.29 is 0 Å². The maximum absolute atomic E-state index is 2.49. The van der Waals surface area contributed by atoms with Crippen molar-refractivity contribution in [3.05, 3.63) is 11.6 Å². The monoisotopic (exact) mass is 481 g/mol. The van der Waals surface area contributed by atoms with Gasteiger partial charge in [0.05, 0.1) is 0 Å². The normalized spacial score (nSPS) is 19.4. The van der Waals surface area contributed by atoms with E-state index in [1.54, 1.807) is 5.57 Å². The number of unbranched alkanes of at least 4 members (excludes halogenated alkanes) is 1. The van der Waals surface area contributed by atoms with E-state index in [2.05, 4.69) is 68.4 Å². The summed E-state index contributed by atoms with van der Waals surface area (Å²) in [5.74, 6) is 3.60. The second kappa shape index (κ2) is 25.8. The summed E-state index contributed by atoms with van der Waals surface area (Å²) < 4.78 is 0. The van der Waals surface area contributed by atoms with Crippen LogP contribution in [-0.4, -0.2) is 0 Å². The molecule has 0 heterocycles. The molecule has 0 aromatic heterocycles. The Balaban J connectivity index is -0.000000425. The molecule has 0 bridgehead atoms. The molecule has 34 heavy (non-hydrogen) atoms. The summed E-state index contributed by atoms with van der Waals surface area (Å²) in [6, 6.07) is 0. The highest BCUT2D eigenvalue weighted by Gasteiger charge is 2.27. The lowest BCUT2D eigenvalue weighted by molar-refractivity contribution is 0.211. The third kappa shape index (κ3) is 23.5. The molecule has 0 amide bonds. The van der Waals surface area contributed by atoms with E-state index in [0.717, 1.165) is 23.7 Å². The van der Waals surface area contributed by atoms with Crippen molar-refractivity contribution in [2.45, 2.75) is 180 Å². The van der Waals surface area contributed by atoms with Crippen molar-refractivity contribution >= 4 is 0 Å². The van der Waals surface area contributed by atoms with Crippen LogP contribution in [0.25, 0.3) is 0 Å². The number of hydrogen-bond donors (Lipinski definition) is 0. The van der Waals surface area contributed by atoms with Gasteiger partial charge in [-0.2, -0.15) is 0 Å². The second-order valence-electron chi connectivity index (χ2n) is 11.6. The van der Waals surface area contributed by atoms with Crippen molar-refractivity contribution in [3.63, 3.8) is 0 Å². The van der Waals surface area contributed by atoms with Crippen LogP contribution >= 0.6 is 0 Å². The maximum atomic E-state index is 2.49. The number of hydrogen-bond acceptors (Lipinski definition) is 0. The van der Waals surface area contributed by atoms with E-state index in [0.29, 0.717) is 5.41 Å². The lowest BCUT2D eigenvalue weighted by Crippen LogP contribution is -2.20. The molecular weight excluding hydrogens is 408 g/mol. The molecule has 2 rings (SSSR count). The Morgan fingerprint density at radius 2 is 1.32 bits per heavy atom. The third-order valence-electron chi connectivity index (χ3n) is 7.57. The second-order valence-corrected chi connectivity index (χ2v) is 11.6. The van der Waals surface area contributed by atoms with E-state index in [-0.39, 0.29) is 0 Å². The Kier molecular flexibility index (Phi) is 29.1. The van der Waals surface area contributed by atoms with E-state index >= 15 is 0 Å². The number of allylic oxidation sites excluding steroid dienone is 2.